The van der Waals surface area contributed by atoms with Gasteiger partial charge in [-0.3, -0.25) is 0 Å². The normalized spacial score (nSPS) is 13.9. The van der Waals surface area contributed by atoms with E-state index in [2.05, 4.69) is 11.4 Å². The van der Waals surface area contributed by atoms with E-state index in [1.807, 2.05) is 18.2 Å². The van der Waals surface area contributed by atoms with Crippen LogP contribution >= 0.6 is 23.4 Å². The summed E-state index contributed by atoms with van der Waals surface area (Å²) in [7, 11) is 1.39. The number of esters is 1. The van der Waals surface area contributed by atoms with Crippen LogP contribution in [0, 0.1) is 0 Å². The first kappa shape index (κ1) is 17.3. The lowest BCUT2D eigenvalue weighted by Crippen LogP contribution is -2.16. The maximum atomic E-state index is 11.5. The van der Waals surface area contributed by atoms with Gasteiger partial charge in [0.15, 0.2) is 0 Å². The Kier molecular flexibility index (Phi) is 5.82. The van der Waals surface area contributed by atoms with E-state index < -0.39 is 0 Å². The third-order valence-electron chi connectivity index (χ3n) is 4.19. The minimum atomic E-state index is -0.307. The van der Waals surface area contributed by atoms with Gasteiger partial charge in [0.05, 0.1) is 17.7 Å². The van der Waals surface area contributed by atoms with E-state index in [0.717, 1.165) is 42.3 Å². The smallest absolute Gasteiger partial charge is 0.337 e. The van der Waals surface area contributed by atoms with Gasteiger partial charge in [0.1, 0.15) is 0 Å². The molecule has 0 saturated carbocycles. The molecule has 0 atom stereocenters. The highest BCUT2D eigenvalue weighted by atomic mass is 35.5. The molecule has 1 N–H and O–H groups in total. The molecule has 3 nitrogen and oxygen atoms in total. The minimum Gasteiger partial charge on any atom is -0.465 e. The Morgan fingerprint density at radius 3 is 2.67 bits per heavy atom. The summed E-state index contributed by atoms with van der Waals surface area (Å²) in [6, 6.07) is 11.7. The highest BCUT2D eigenvalue weighted by Crippen LogP contribution is 2.36. The Balaban J connectivity index is 1.76. The molecule has 0 amide bonds. The van der Waals surface area contributed by atoms with Gasteiger partial charge in [-0.2, -0.15) is 0 Å². The van der Waals surface area contributed by atoms with Gasteiger partial charge in [-0.25, -0.2) is 4.79 Å². The monoisotopic (exact) mass is 361 g/mol. The topological polar surface area (TPSA) is 38.3 Å². The number of hydrogen-bond acceptors (Lipinski definition) is 4. The Bertz CT molecular complexity index is 731. The number of carbonyl (C=O) groups is 1. The highest BCUT2D eigenvalue weighted by Gasteiger charge is 2.15. The molecule has 2 aromatic carbocycles. The molecule has 0 fully saturated rings. The van der Waals surface area contributed by atoms with Crippen molar-refractivity contribution < 1.29 is 9.53 Å². The van der Waals surface area contributed by atoms with Crippen molar-refractivity contribution in [2.75, 3.05) is 20.2 Å². The molecule has 0 spiro atoms. The third-order valence-corrected chi connectivity index (χ3v) is 5.85. The van der Waals surface area contributed by atoms with Crippen LogP contribution in [0.3, 0.4) is 0 Å². The van der Waals surface area contributed by atoms with Gasteiger partial charge in [-0.05, 0) is 60.8 Å². The second kappa shape index (κ2) is 8.06. The van der Waals surface area contributed by atoms with E-state index in [-0.39, 0.29) is 5.97 Å². The van der Waals surface area contributed by atoms with Crippen molar-refractivity contribution in [1.82, 2.24) is 5.32 Å². The lowest BCUT2D eigenvalue weighted by molar-refractivity contribution is 0.0600. The molecule has 0 aliphatic carbocycles. The van der Waals surface area contributed by atoms with Crippen LogP contribution in [0.5, 0.6) is 0 Å². The molecule has 1 aliphatic heterocycles. The number of halogens is 1. The Morgan fingerprint density at radius 2 is 1.92 bits per heavy atom. The summed E-state index contributed by atoms with van der Waals surface area (Å²) in [5.74, 6) is 0.517. The fourth-order valence-corrected chi connectivity index (χ4v) is 4.33. The predicted molar refractivity (Wildman–Crippen MR) is 99.1 cm³/mol. The molecule has 3 rings (SSSR count). The van der Waals surface area contributed by atoms with Crippen molar-refractivity contribution >= 4 is 29.3 Å². The maximum Gasteiger partial charge on any atom is 0.337 e. The Hall–Kier alpha value is -1.49. The molecule has 0 unspecified atom stereocenters. The lowest BCUT2D eigenvalue weighted by atomic mass is 10.0. The predicted octanol–water partition coefficient (Wildman–Crippen LogP) is 4.11. The standard InChI is InChI=1S/C19H20ClNO2S/c1-23-19(22)15-4-2-13(3-5-15)12-24-18-16-9-11-21-10-8-14(16)6-7-17(18)20/h2-7,21H,8-12H2,1H3. The van der Waals surface area contributed by atoms with Gasteiger partial charge in [-0.15, -0.1) is 11.8 Å². The zero-order valence-corrected chi connectivity index (χ0v) is 15.2. The van der Waals surface area contributed by atoms with Gasteiger partial charge < -0.3 is 10.1 Å². The summed E-state index contributed by atoms with van der Waals surface area (Å²) in [6.45, 7) is 2.02. The van der Waals surface area contributed by atoms with Crippen molar-refractivity contribution in [3.63, 3.8) is 0 Å². The molecule has 5 heteroatoms. The zero-order valence-electron chi connectivity index (χ0n) is 13.6. The third kappa shape index (κ3) is 3.94. The molecule has 2 aromatic rings. The maximum absolute atomic E-state index is 11.5. The molecular formula is C19H20ClNO2S. The average molecular weight is 362 g/mol. The molecule has 126 valence electrons. The number of hydrogen-bond donors (Lipinski definition) is 1. The van der Waals surface area contributed by atoms with E-state index in [0.29, 0.717) is 5.56 Å². The first-order valence-electron chi connectivity index (χ1n) is 8.00. The SMILES string of the molecule is COC(=O)c1ccc(CSc2c(Cl)ccc3c2CCNCC3)cc1. The first-order valence-corrected chi connectivity index (χ1v) is 9.36. The Morgan fingerprint density at radius 1 is 1.17 bits per heavy atom. The van der Waals surface area contributed by atoms with Crippen molar-refractivity contribution in [2.24, 2.45) is 0 Å². The number of ether oxygens (including phenoxy) is 1. The summed E-state index contributed by atoms with van der Waals surface area (Å²) in [5.41, 5.74) is 4.51. The van der Waals surface area contributed by atoms with E-state index in [1.54, 1.807) is 23.9 Å². The van der Waals surface area contributed by atoms with Crippen LogP contribution in [0.1, 0.15) is 27.0 Å². The van der Waals surface area contributed by atoms with Crippen molar-refractivity contribution in [2.45, 2.75) is 23.5 Å². The Labute approximate surface area is 151 Å². The van der Waals surface area contributed by atoms with Gasteiger partial charge in [0.2, 0.25) is 0 Å². The number of carbonyl (C=O) groups excluding carboxylic acids is 1. The molecule has 1 aliphatic rings. The number of fused-ring (bicyclic) bond motifs is 1. The van der Waals surface area contributed by atoms with E-state index >= 15 is 0 Å². The number of benzene rings is 2. The van der Waals surface area contributed by atoms with E-state index in [9.17, 15) is 4.79 Å². The number of nitrogens with one attached hydrogen (secondary N) is 1. The largest absolute Gasteiger partial charge is 0.465 e. The van der Waals surface area contributed by atoms with Crippen LogP contribution in [0.25, 0.3) is 0 Å². The van der Waals surface area contributed by atoms with Crippen molar-refractivity contribution in [1.29, 1.82) is 0 Å². The van der Waals surface area contributed by atoms with Crippen LogP contribution in [0.4, 0.5) is 0 Å². The highest BCUT2D eigenvalue weighted by molar-refractivity contribution is 7.98. The minimum absolute atomic E-state index is 0.307. The molecule has 0 bridgehead atoms. The zero-order chi connectivity index (χ0) is 16.9. The van der Waals surface area contributed by atoms with Crippen LogP contribution in [-0.4, -0.2) is 26.2 Å². The fraction of sp³-hybridized carbons (Fsp3) is 0.316. The lowest BCUT2D eigenvalue weighted by Gasteiger charge is -2.14. The average Bonchev–Trinajstić information content (AvgIpc) is 2.86. The first-order chi connectivity index (χ1) is 11.7. The van der Waals surface area contributed by atoms with Crippen molar-refractivity contribution in [3.8, 4) is 0 Å². The number of rotatable bonds is 4. The summed E-state index contributed by atoms with van der Waals surface area (Å²) >= 11 is 8.23. The van der Waals surface area contributed by atoms with Gasteiger partial charge in [-0.1, -0.05) is 29.8 Å². The summed E-state index contributed by atoms with van der Waals surface area (Å²) in [5, 5.41) is 4.27. The van der Waals surface area contributed by atoms with Crippen LogP contribution < -0.4 is 5.32 Å². The summed E-state index contributed by atoms with van der Waals surface area (Å²) in [6.07, 6.45) is 2.06. The van der Waals surface area contributed by atoms with Gasteiger partial charge in [0.25, 0.3) is 0 Å². The van der Waals surface area contributed by atoms with E-state index in [4.69, 9.17) is 16.3 Å². The molecule has 24 heavy (non-hydrogen) atoms. The molecule has 0 radical (unpaired) electrons. The quantitative estimate of drug-likeness (QED) is 0.657. The van der Waals surface area contributed by atoms with Crippen LogP contribution in [-0.2, 0) is 23.3 Å². The number of methoxy groups -OCH3 is 1. The number of thioether (sulfide) groups is 1. The van der Waals surface area contributed by atoms with Gasteiger partial charge in [0, 0.05) is 10.6 Å². The molecule has 0 aromatic heterocycles. The molecular weight excluding hydrogens is 342 g/mol. The van der Waals surface area contributed by atoms with Crippen molar-refractivity contribution in [3.05, 3.63) is 63.7 Å². The summed E-state index contributed by atoms with van der Waals surface area (Å²) in [4.78, 5) is 12.7. The molecule has 0 saturated heterocycles. The second-order valence-corrected chi connectivity index (χ2v) is 7.13. The van der Waals surface area contributed by atoms with Crippen LogP contribution in [0.15, 0.2) is 41.3 Å². The van der Waals surface area contributed by atoms with Gasteiger partial charge >= 0.3 is 5.97 Å². The van der Waals surface area contributed by atoms with Crippen LogP contribution in [0.2, 0.25) is 5.02 Å². The second-order valence-electron chi connectivity index (χ2n) is 5.74. The summed E-state index contributed by atoms with van der Waals surface area (Å²) < 4.78 is 4.73. The molecule has 1 heterocycles. The fourth-order valence-electron chi connectivity index (χ4n) is 2.88. The van der Waals surface area contributed by atoms with E-state index in [1.165, 1.54) is 23.1 Å².